The molecule has 0 spiro atoms. The van der Waals surface area contributed by atoms with Gasteiger partial charge < -0.3 is 28.4 Å². The second kappa shape index (κ2) is 36.3. The fraction of sp³-hybridized carbons (Fsp3) is 0.536. The molecule has 386 valence electrons. The molecule has 0 saturated heterocycles. The molecule has 0 aliphatic carbocycles. The summed E-state index contributed by atoms with van der Waals surface area (Å²) in [6.07, 6.45) is 31.3. The first-order chi connectivity index (χ1) is 34.0. The van der Waals surface area contributed by atoms with Crippen molar-refractivity contribution >= 4 is 23.9 Å². The Morgan fingerprint density at radius 2 is 0.586 bits per heavy atom. The van der Waals surface area contributed by atoms with Crippen molar-refractivity contribution in [3.8, 4) is 23.0 Å². The molecule has 0 aliphatic rings. The van der Waals surface area contributed by atoms with Crippen LogP contribution in [0.5, 0.6) is 23.0 Å². The monoisotopic (exact) mass is 983 g/mol. The molecule has 3 rings (SSSR count). The van der Waals surface area contributed by atoms with E-state index in [0.29, 0.717) is 37.9 Å². The minimum atomic E-state index is -2.05. The molecule has 3 aromatic carbocycles. The highest BCUT2D eigenvalue weighted by Crippen LogP contribution is 2.36. The average Bonchev–Trinajstić information content (AvgIpc) is 3.37. The largest absolute Gasteiger partial charge is 0.494 e. The molecule has 0 unspecified atom stereocenters. The molecular formula is C56H74F4O10. The van der Waals surface area contributed by atoms with E-state index in [2.05, 4.69) is 13.2 Å². The molecular weight excluding hydrogens is 909 g/mol. The van der Waals surface area contributed by atoms with Crippen molar-refractivity contribution in [1.82, 2.24) is 0 Å². The van der Waals surface area contributed by atoms with Crippen molar-refractivity contribution in [3.63, 3.8) is 0 Å². The predicted octanol–water partition coefficient (Wildman–Crippen LogP) is 15.0. The smallest absolute Gasteiger partial charge is 0.343 e. The number of unbranched alkanes of at least 4 members (excludes halogenated alkanes) is 24. The van der Waals surface area contributed by atoms with Crippen LogP contribution in [0.15, 0.2) is 73.8 Å². The number of halogens is 4. The summed E-state index contributed by atoms with van der Waals surface area (Å²) in [6, 6.07) is 11.1. The summed E-state index contributed by atoms with van der Waals surface area (Å²) in [5.41, 5.74) is -0.307. The van der Waals surface area contributed by atoms with Crippen LogP contribution >= 0.6 is 0 Å². The Labute approximate surface area is 412 Å². The summed E-state index contributed by atoms with van der Waals surface area (Å²) in [4.78, 5) is 47.5. The predicted molar refractivity (Wildman–Crippen MR) is 262 cm³/mol. The number of carbonyl (C=O) groups excluding carboxylic acids is 4. The van der Waals surface area contributed by atoms with Crippen molar-refractivity contribution in [3.05, 3.63) is 108 Å². The second-order valence-corrected chi connectivity index (χ2v) is 17.4. The van der Waals surface area contributed by atoms with E-state index in [1.807, 2.05) is 0 Å². The van der Waals surface area contributed by atoms with Gasteiger partial charge in [0.25, 0.3) is 0 Å². The molecule has 0 radical (unpaired) electrons. The van der Waals surface area contributed by atoms with Crippen LogP contribution < -0.4 is 18.9 Å². The Morgan fingerprint density at radius 1 is 0.357 bits per heavy atom. The molecule has 0 aromatic heterocycles. The zero-order valence-corrected chi connectivity index (χ0v) is 41.0. The van der Waals surface area contributed by atoms with Crippen LogP contribution in [0.25, 0.3) is 0 Å². The maximum Gasteiger partial charge on any atom is 0.343 e. The van der Waals surface area contributed by atoms with Gasteiger partial charge in [0.15, 0.2) is 0 Å². The fourth-order valence-corrected chi connectivity index (χ4v) is 7.59. The van der Waals surface area contributed by atoms with Gasteiger partial charge in [0.2, 0.25) is 34.8 Å². The van der Waals surface area contributed by atoms with Crippen LogP contribution in [0.1, 0.15) is 188 Å². The zero-order valence-electron chi connectivity index (χ0n) is 41.0. The van der Waals surface area contributed by atoms with Gasteiger partial charge in [-0.2, -0.15) is 17.6 Å². The number of ether oxygens (including phenoxy) is 6. The number of hydrogen-bond acceptors (Lipinski definition) is 10. The van der Waals surface area contributed by atoms with Gasteiger partial charge >= 0.3 is 23.9 Å². The van der Waals surface area contributed by atoms with E-state index < -0.39 is 46.7 Å². The SMILES string of the molecule is C=CC(=O)OCCCCCCCCCCCCCCCOc1ccc(C(=O)Oc2c(F)c(F)c(OC(=O)c3ccc(OCCCCCCCCCCCCCCCOC(=O)C=C)cc3)c(F)c2F)cc1. The normalized spacial score (nSPS) is 10.9. The first-order valence-electron chi connectivity index (χ1n) is 25.4. The summed E-state index contributed by atoms with van der Waals surface area (Å²) in [5, 5.41) is 0. The van der Waals surface area contributed by atoms with E-state index in [4.69, 9.17) is 28.4 Å². The summed E-state index contributed by atoms with van der Waals surface area (Å²) < 4.78 is 91.0. The molecule has 0 saturated carbocycles. The zero-order chi connectivity index (χ0) is 50.6. The van der Waals surface area contributed by atoms with Crippen LogP contribution in [0.3, 0.4) is 0 Å². The number of esters is 4. The number of benzene rings is 3. The van der Waals surface area contributed by atoms with E-state index in [0.717, 1.165) is 89.9 Å². The summed E-state index contributed by atoms with van der Waals surface area (Å²) in [7, 11) is 0. The molecule has 0 aliphatic heterocycles. The second-order valence-electron chi connectivity index (χ2n) is 17.4. The molecule has 0 fully saturated rings. The van der Waals surface area contributed by atoms with Gasteiger partial charge in [0, 0.05) is 12.2 Å². The lowest BCUT2D eigenvalue weighted by Gasteiger charge is -2.13. The Bertz CT molecular complexity index is 1830. The third kappa shape index (κ3) is 24.3. The number of rotatable bonds is 40. The van der Waals surface area contributed by atoms with E-state index in [-0.39, 0.29) is 23.1 Å². The Balaban J connectivity index is 1.26. The van der Waals surface area contributed by atoms with Crippen molar-refractivity contribution in [1.29, 1.82) is 0 Å². The highest BCUT2D eigenvalue weighted by Gasteiger charge is 2.31. The van der Waals surface area contributed by atoms with Crippen LogP contribution in [0.2, 0.25) is 0 Å². The van der Waals surface area contributed by atoms with E-state index in [9.17, 15) is 19.2 Å². The highest BCUT2D eigenvalue weighted by atomic mass is 19.2. The van der Waals surface area contributed by atoms with Crippen molar-refractivity contribution in [2.24, 2.45) is 0 Å². The molecule has 70 heavy (non-hydrogen) atoms. The van der Waals surface area contributed by atoms with Gasteiger partial charge in [-0.1, -0.05) is 154 Å². The molecule has 0 heterocycles. The molecule has 0 bridgehead atoms. The average molecular weight is 983 g/mol. The molecule has 14 heteroatoms. The van der Waals surface area contributed by atoms with Crippen LogP contribution in [-0.4, -0.2) is 50.3 Å². The van der Waals surface area contributed by atoms with Crippen molar-refractivity contribution in [2.45, 2.75) is 167 Å². The van der Waals surface area contributed by atoms with Gasteiger partial charge in [-0.05, 0) is 74.2 Å². The van der Waals surface area contributed by atoms with Gasteiger partial charge in [-0.25, -0.2) is 19.2 Å². The quantitative estimate of drug-likeness (QED) is 0.0136. The Hall–Kier alpha value is -5.66. The van der Waals surface area contributed by atoms with Crippen molar-refractivity contribution < 1.29 is 65.2 Å². The Kier molecular flexibility index (Phi) is 30.4. The third-order valence-corrected chi connectivity index (χ3v) is 11.7. The van der Waals surface area contributed by atoms with Crippen LogP contribution in [-0.2, 0) is 19.1 Å². The first kappa shape index (κ1) is 58.7. The molecule has 0 atom stereocenters. The fourth-order valence-electron chi connectivity index (χ4n) is 7.59. The summed E-state index contributed by atoms with van der Waals surface area (Å²) in [5.74, 6) is -13.8. The van der Waals surface area contributed by atoms with Gasteiger partial charge in [0.05, 0.1) is 37.6 Å². The summed E-state index contributed by atoms with van der Waals surface area (Å²) >= 11 is 0. The molecule has 0 N–H and O–H groups in total. The topological polar surface area (TPSA) is 124 Å². The molecule has 0 amide bonds. The van der Waals surface area contributed by atoms with Crippen LogP contribution in [0, 0.1) is 23.3 Å². The minimum absolute atomic E-state index is 0.154. The lowest BCUT2D eigenvalue weighted by Crippen LogP contribution is -2.16. The maximum absolute atomic E-state index is 15.0. The lowest BCUT2D eigenvalue weighted by molar-refractivity contribution is -0.138. The van der Waals surface area contributed by atoms with Gasteiger partial charge in [0.1, 0.15) is 11.5 Å². The molecule has 3 aromatic rings. The van der Waals surface area contributed by atoms with E-state index >= 15 is 17.6 Å². The highest BCUT2D eigenvalue weighted by molar-refractivity contribution is 5.92. The third-order valence-electron chi connectivity index (χ3n) is 11.7. The van der Waals surface area contributed by atoms with Crippen molar-refractivity contribution in [2.75, 3.05) is 26.4 Å². The van der Waals surface area contributed by atoms with Gasteiger partial charge in [-0.15, -0.1) is 0 Å². The first-order valence-corrected chi connectivity index (χ1v) is 25.4. The maximum atomic E-state index is 15.0. The summed E-state index contributed by atoms with van der Waals surface area (Å²) in [6.45, 7) is 8.59. The van der Waals surface area contributed by atoms with Crippen LogP contribution in [0.4, 0.5) is 17.6 Å². The standard InChI is InChI=1S/C56H74F4O10/c1-3-47(61)67-41-29-25-21-17-13-9-5-7-11-15-19-23-27-39-65-45-35-31-43(32-36-45)55(63)69-53-49(57)51(59)54(52(60)50(53)58)70-56(64)44-33-37-46(38-34-44)66-40-28-24-20-16-12-8-6-10-14-18-22-26-30-42-68-48(62)4-2/h3-4,31-38H,1-2,5-30,39-42H2. The Morgan fingerprint density at radius 3 is 0.829 bits per heavy atom. The molecule has 10 nitrogen and oxygen atoms in total. The van der Waals surface area contributed by atoms with Gasteiger partial charge in [-0.3, -0.25) is 0 Å². The lowest BCUT2D eigenvalue weighted by atomic mass is 10.0. The number of carbonyl (C=O) groups is 4. The van der Waals surface area contributed by atoms with E-state index in [1.165, 1.54) is 138 Å². The minimum Gasteiger partial charge on any atom is -0.494 e. The number of hydrogen-bond donors (Lipinski definition) is 0. The van der Waals surface area contributed by atoms with E-state index in [1.54, 1.807) is 0 Å².